The molecule has 0 bridgehead atoms. The SMILES string of the molecule is O=C(C=Cc1ccccc1Br)NC1(C(=O)O)CCOC1. The lowest BCUT2D eigenvalue weighted by Crippen LogP contribution is -2.54. The van der Waals surface area contributed by atoms with Gasteiger partial charge in [0.1, 0.15) is 0 Å². The smallest absolute Gasteiger partial charge is 0.331 e. The molecule has 1 unspecified atom stereocenters. The van der Waals surface area contributed by atoms with Crippen molar-refractivity contribution in [3.8, 4) is 0 Å². The number of benzene rings is 1. The molecule has 1 aromatic carbocycles. The number of carbonyl (C=O) groups is 2. The third-order valence-electron chi connectivity index (χ3n) is 3.11. The molecule has 0 saturated carbocycles. The zero-order valence-corrected chi connectivity index (χ0v) is 12.2. The van der Waals surface area contributed by atoms with Gasteiger partial charge in [0.05, 0.1) is 6.61 Å². The molecule has 2 rings (SSSR count). The molecule has 1 aliphatic rings. The summed E-state index contributed by atoms with van der Waals surface area (Å²) in [5.41, 5.74) is -0.468. The van der Waals surface area contributed by atoms with E-state index < -0.39 is 17.4 Å². The number of carbonyl (C=O) groups excluding carboxylic acids is 1. The van der Waals surface area contributed by atoms with E-state index in [1.807, 2.05) is 24.3 Å². The summed E-state index contributed by atoms with van der Waals surface area (Å²) in [5, 5.41) is 11.7. The Morgan fingerprint density at radius 3 is 2.75 bits per heavy atom. The van der Waals surface area contributed by atoms with Crippen LogP contribution < -0.4 is 5.32 Å². The average molecular weight is 340 g/mol. The summed E-state index contributed by atoms with van der Waals surface area (Å²) in [5.74, 6) is -1.52. The number of aliphatic carboxylic acids is 1. The molecular weight excluding hydrogens is 326 g/mol. The molecule has 1 amide bonds. The van der Waals surface area contributed by atoms with Crippen molar-refractivity contribution in [1.82, 2.24) is 5.32 Å². The second-order valence-electron chi connectivity index (χ2n) is 4.53. The zero-order chi connectivity index (χ0) is 14.6. The predicted molar refractivity (Wildman–Crippen MR) is 77.1 cm³/mol. The minimum Gasteiger partial charge on any atom is -0.479 e. The summed E-state index contributed by atoms with van der Waals surface area (Å²) in [6.07, 6.45) is 3.23. The van der Waals surface area contributed by atoms with Gasteiger partial charge in [-0.05, 0) is 17.7 Å². The summed E-state index contributed by atoms with van der Waals surface area (Å²) < 4.78 is 5.94. The molecule has 1 fully saturated rings. The van der Waals surface area contributed by atoms with Crippen molar-refractivity contribution in [2.45, 2.75) is 12.0 Å². The summed E-state index contributed by atoms with van der Waals surface area (Å²) in [7, 11) is 0. The maximum Gasteiger partial charge on any atom is 0.331 e. The Kier molecular flexibility index (Phi) is 4.57. The zero-order valence-electron chi connectivity index (χ0n) is 10.6. The normalized spacial score (nSPS) is 22.1. The van der Waals surface area contributed by atoms with Gasteiger partial charge in [-0.25, -0.2) is 4.79 Å². The highest BCUT2D eigenvalue weighted by Gasteiger charge is 2.43. The van der Waals surface area contributed by atoms with Crippen LogP contribution in [0.5, 0.6) is 0 Å². The lowest BCUT2D eigenvalue weighted by Gasteiger charge is -2.22. The minimum absolute atomic E-state index is 0.00303. The predicted octanol–water partition coefficient (Wildman–Crippen LogP) is 1.82. The third kappa shape index (κ3) is 3.26. The van der Waals surface area contributed by atoms with E-state index in [-0.39, 0.29) is 13.0 Å². The van der Waals surface area contributed by atoms with E-state index in [4.69, 9.17) is 4.74 Å². The maximum absolute atomic E-state index is 11.9. The highest BCUT2D eigenvalue weighted by atomic mass is 79.9. The van der Waals surface area contributed by atoms with Gasteiger partial charge in [0.15, 0.2) is 5.54 Å². The van der Waals surface area contributed by atoms with Gasteiger partial charge in [0, 0.05) is 23.6 Å². The van der Waals surface area contributed by atoms with E-state index >= 15 is 0 Å². The monoisotopic (exact) mass is 339 g/mol. The second kappa shape index (κ2) is 6.19. The molecule has 1 aliphatic heterocycles. The number of ether oxygens (including phenoxy) is 1. The van der Waals surface area contributed by atoms with Crippen LogP contribution in [0.1, 0.15) is 12.0 Å². The topological polar surface area (TPSA) is 75.6 Å². The van der Waals surface area contributed by atoms with Gasteiger partial charge in [-0.15, -0.1) is 0 Å². The van der Waals surface area contributed by atoms with Crippen molar-refractivity contribution in [3.05, 3.63) is 40.4 Å². The van der Waals surface area contributed by atoms with Gasteiger partial charge in [0.25, 0.3) is 0 Å². The first-order valence-corrected chi connectivity index (χ1v) is 6.89. The van der Waals surface area contributed by atoms with Crippen molar-refractivity contribution >= 4 is 33.9 Å². The average Bonchev–Trinajstić information content (AvgIpc) is 2.88. The summed E-state index contributed by atoms with van der Waals surface area (Å²) in [6.45, 7) is 0.331. The number of carboxylic acid groups (broad SMARTS) is 1. The largest absolute Gasteiger partial charge is 0.479 e. The van der Waals surface area contributed by atoms with Crippen LogP contribution in [0.2, 0.25) is 0 Å². The van der Waals surface area contributed by atoms with Crippen molar-refractivity contribution in [1.29, 1.82) is 0 Å². The maximum atomic E-state index is 11.9. The molecule has 0 aliphatic carbocycles. The van der Waals surface area contributed by atoms with E-state index in [1.165, 1.54) is 6.08 Å². The van der Waals surface area contributed by atoms with Crippen molar-refractivity contribution in [2.75, 3.05) is 13.2 Å². The van der Waals surface area contributed by atoms with Gasteiger partial charge in [-0.3, -0.25) is 4.79 Å². The molecule has 106 valence electrons. The third-order valence-corrected chi connectivity index (χ3v) is 3.84. The number of hydrogen-bond acceptors (Lipinski definition) is 3. The Morgan fingerprint density at radius 2 is 2.15 bits per heavy atom. The van der Waals surface area contributed by atoms with E-state index in [9.17, 15) is 14.7 Å². The molecule has 20 heavy (non-hydrogen) atoms. The first-order chi connectivity index (χ1) is 9.53. The van der Waals surface area contributed by atoms with E-state index in [1.54, 1.807) is 6.08 Å². The highest BCUT2D eigenvalue weighted by Crippen LogP contribution is 2.20. The molecule has 1 atom stereocenters. The lowest BCUT2D eigenvalue weighted by atomic mass is 9.99. The Morgan fingerprint density at radius 1 is 1.40 bits per heavy atom. The number of carboxylic acids is 1. The fourth-order valence-corrected chi connectivity index (χ4v) is 2.36. The fourth-order valence-electron chi connectivity index (χ4n) is 1.94. The van der Waals surface area contributed by atoms with Crippen LogP contribution in [0.15, 0.2) is 34.8 Å². The van der Waals surface area contributed by atoms with Crippen LogP contribution in [-0.2, 0) is 14.3 Å². The number of rotatable bonds is 4. The Labute approximate surface area is 124 Å². The van der Waals surface area contributed by atoms with Crippen molar-refractivity contribution in [3.63, 3.8) is 0 Å². The summed E-state index contributed by atoms with van der Waals surface area (Å²) in [6, 6.07) is 7.43. The van der Waals surface area contributed by atoms with Gasteiger partial charge in [-0.1, -0.05) is 34.1 Å². The van der Waals surface area contributed by atoms with Crippen LogP contribution in [-0.4, -0.2) is 35.7 Å². The van der Waals surface area contributed by atoms with Gasteiger partial charge in [0.2, 0.25) is 5.91 Å². The number of amides is 1. The molecule has 6 heteroatoms. The molecular formula is C14H14BrNO4. The summed E-state index contributed by atoms with van der Waals surface area (Å²) in [4.78, 5) is 23.1. The standard InChI is InChI=1S/C14H14BrNO4/c15-11-4-2-1-3-10(11)5-6-12(17)16-14(13(18)19)7-8-20-9-14/h1-6H,7-9H2,(H,16,17)(H,18,19). The first kappa shape index (κ1) is 14.7. The highest BCUT2D eigenvalue weighted by molar-refractivity contribution is 9.10. The molecule has 5 nitrogen and oxygen atoms in total. The van der Waals surface area contributed by atoms with Crippen molar-refractivity contribution in [2.24, 2.45) is 0 Å². The second-order valence-corrected chi connectivity index (χ2v) is 5.39. The van der Waals surface area contributed by atoms with Gasteiger partial charge < -0.3 is 15.2 Å². The van der Waals surface area contributed by atoms with Crippen LogP contribution in [0, 0.1) is 0 Å². The van der Waals surface area contributed by atoms with Gasteiger partial charge in [-0.2, -0.15) is 0 Å². The number of halogens is 1. The number of nitrogens with one attached hydrogen (secondary N) is 1. The van der Waals surface area contributed by atoms with E-state index in [2.05, 4.69) is 21.2 Å². The number of hydrogen-bond donors (Lipinski definition) is 2. The summed E-state index contributed by atoms with van der Waals surface area (Å²) >= 11 is 3.37. The molecule has 2 N–H and O–H groups in total. The quantitative estimate of drug-likeness (QED) is 0.820. The van der Waals surface area contributed by atoms with Crippen LogP contribution in [0.3, 0.4) is 0 Å². The lowest BCUT2D eigenvalue weighted by molar-refractivity contribution is -0.147. The van der Waals surface area contributed by atoms with E-state index in [0.29, 0.717) is 6.61 Å². The fraction of sp³-hybridized carbons (Fsp3) is 0.286. The van der Waals surface area contributed by atoms with Crippen LogP contribution >= 0.6 is 15.9 Å². The molecule has 1 saturated heterocycles. The van der Waals surface area contributed by atoms with Crippen LogP contribution in [0.25, 0.3) is 6.08 Å². The van der Waals surface area contributed by atoms with Gasteiger partial charge >= 0.3 is 5.97 Å². The van der Waals surface area contributed by atoms with Crippen LogP contribution in [0.4, 0.5) is 0 Å². The molecule has 0 aromatic heterocycles. The van der Waals surface area contributed by atoms with Crippen molar-refractivity contribution < 1.29 is 19.4 Å². The van der Waals surface area contributed by atoms with E-state index in [0.717, 1.165) is 10.0 Å². The molecule has 0 spiro atoms. The molecule has 1 heterocycles. The Bertz CT molecular complexity index is 550. The molecule has 1 aromatic rings. The minimum atomic E-state index is -1.31. The Balaban J connectivity index is 2.05. The molecule has 0 radical (unpaired) electrons. The first-order valence-electron chi connectivity index (χ1n) is 6.09. The Hall–Kier alpha value is -1.66.